The number of nitrogens with two attached hydrogens (primary N) is 2. The standard InChI is InChI=1S/C44H47N10O16PS/c1-62-30-12-23(6-10-27(30)58)4-8-25(56)14-26(57)9-5-24-7-11-29(31(13-24)63-2)69-44(60)65-22-72-71(61,66-17-33-28(59)15-34(67-33)53-20-51-35-39(45)47-18-49-41(35)53)70-37-32(16-55)68-43(38(37)64-3)54-21-52-36-40(46)48-19-50-42(36)54/h4-13,18-21,28,32-34,37-38,43,55,58-59H,14-17,22H2,1-3H3,(H2,45,47,49)(H2,46,48,50)/b8-4+,9-5+/t28-,32+,33+,34+,37+,38+,43+,71?/m0/s1. The molecule has 28 heteroatoms. The summed E-state index contributed by atoms with van der Waals surface area (Å²) in [5.41, 5.74) is 14.2. The van der Waals surface area contributed by atoms with Gasteiger partial charge in [0.15, 0.2) is 69.7 Å². The van der Waals surface area contributed by atoms with E-state index in [1.54, 1.807) is 10.6 Å². The van der Waals surface area contributed by atoms with Crippen LogP contribution in [0.5, 0.6) is 23.0 Å². The Kier molecular flexibility index (Phi) is 16.1. The van der Waals surface area contributed by atoms with Gasteiger partial charge in [0.25, 0.3) is 0 Å². The first kappa shape index (κ1) is 51.3. The number of nitrogens with zero attached hydrogens (tertiary/aromatic N) is 8. The van der Waals surface area contributed by atoms with Gasteiger partial charge in [-0.1, -0.05) is 24.3 Å². The molecule has 8 atom stereocenters. The van der Waals surface area contributed by atoms with Crippen LogP contribution in [0.3, 0.4) is 0 Å². The molecule has 0 radical (unpaired) electrons. The zero-order valence-electron chi connectivity index (χ0n) is 38.4. The van der Waals surface area contributed by atoms with Crippen LogP contribution in [0.4, 0.5) is 16.4 Å². The second-order valence-electron chi connectivity index (χ2n) is 15.7. The summed E-state index contributed by atoms with van der Waals surface area (Å²) >= 11 is 0.435. The Morgan fingerprint density at radius 1 is 0.819 bits per heavy atom. The van der Waals surface area contributed by atoms with E-state index in [9.17, 15) is 34.3 Å². The molecule has 8 rings (SSSR count). The van der Waals surface area contributed by atoms with Crippen molar-refractivity contribution >= 4 is 82.0 Å². The Bertz CT molecular complexity index is 3070. The predicted molar refractivity (Wildman–Crippen MR) is 254 cm³/mol. The number of aromatic hydroxyl groups is 1. The molecule has 1 unspecified atom stereocenters. The molecule has 0 saturated carbocycles. The maximum Gasteiger partial charge on any atom is 0.514 e. The van der Waals surface area contributed by atoms with Gasteiger partial charge < -0.3 is 59.9 Å². The second-order valence-corrected chi connectivity index (χ2v) is 19.7. The van der Waals surface area contributed by atoms with Gasteiger partial charge in [-0.25, -0.2) is 39.3 Å². The van der Waals surface area contributed by atoms with Crippen LogP contribution in [0.25, 0.3) is 34.5 Å². The average molecular weight is 1030 g/mol. The van der Waals surface area contributed by atoms with Gasteiger partial charge in [-0.2, -0.15) is 0 Å². The normalized spacial score (nSPS) is 21.9. The lowest BCUT2D eigenvalue weighted by Crippen LogP contribution is -2.37. The molecule has 7 N–H and O–H groups in total. The van der Waals surface area contributed by atoms with Crippen molar-refractivity contribution in [3.63, 3.8) is 0 Å². The van der Waals surface area contributed by atoms with Crippen LogP contribution < -0.4 is 25.7 Å². The second kappa shape index (κ2) is 22.6. The van der Waals surface area contributed by atoms with Crippen molar-refractivity contribution in [3.8, 4) is 23.0 Å². The molecule has 2 fully saturated rings. The van der Waals surface area contributed by atoms with Crippen molar-refractivity contribution in [2.24, 2.45) is 0 Å². The molecule has 2 saturated heterocycles. The minimum Gasteiger partial charge on any atom is -0.504 e. The zero-order chi connectivity index (χ0) is 51.1. The molecule has 6 aromatic rings. The summed E-state index contributed by atoms with van der Waals surface area (Å²) in [5.74, 6) is -1.22. The third-order valence-electron chi connectivity index (χ3n) is 11.2. The number of hydrogen-bond acceptors (Lipinski definition) is 25. The summed E-state index contributed by atoms with van der Waals surface area (Å²) in [6.45, 7) is -5.69. The first-order chi connectivity index (χ1) is 34.7. The number of rotatable bonds is 21. The van der Waals surface area contributed by atoms with Gasteiger partial charge in [0.2, 0.25) is 0 Å². The molecule has 380 valence electrons. The highest BCUT2D eigenvalue weighted by Gasteiger charge is 2.51. The van der Waals surface area contributed by atoms with E-state index in [4.69, 9.17) is 53.7 Å². The van der Waals surface area contributed by atoms with Gasteiger partial charge in [0.05, 0.1) is 52.6 Å². The number of methoxy groups -OCH3 is 3. The first-order valence-corrected chi connectivity index (χ1v) is 24.7. The van der Waals surface area contributed by atoms with Crippen LogP contribution in [0.1, 0.15) is 36.4 Å². The van der Waals surface area contributed by atoms with Crippen LogP contribution in [-0.4, -0.2) is 143 Å². The number of phenolic OH excluding ortho intramolecular Hbond substituents is 1. The maximum absolute atomic E-state index is 14.9. The number of carbonyl (C=O) groups is 3. The number of nitrogen functional groups attached to an aromatic ring is 2. The van der Waals surface area contributed by atoms with Crippen molar-refractivity contribution in [1.29, 1.82) is 0 Å². The van der Waals surface area contributed by atoms with E-state index in [1.165, 1.54) is 106 Å². The fourth-order valence-electron chi connectivity index (χ4n) is 7.64. The SMILES string of the molecule is COc1cc(/C=C/C(=O)CC(=O)/C=C/c2ccc(OC(=O)OCSP(=O)(OC[C@H]3O[C@@H](n4cnc5c(N)ncnc54)C[C@@H]3O)O[C@H]3[C@@H](OC)[C@H](n4cnc5c(N)ncnc54)O[C@@H]3CO)c(OC)c2)ccc1O. The van der Waals surface area contributed by atoms with E-state index in [0.717, 1.165) is 0 Å². The molecular formula is C44H47N10O16PS. The van der Waals surface area contributed by atoms with Crippen LogP contribution in [0.15, 0.2) is 73.9 Å². The van der Waals surface area contributed by atoms with E-state index in [2.05, 4.69) is 29.9 Å². The monoisotopic (exact) mass is 1030 g/mol. The zero-order valence-corrected chi connectivity index (χ0v) is 40.1. The molecule has 0 bridgehead atoms. The molecule has 2 aliphatic rings. The lowest BCUT2D eigenvalue weighted by molar-refractivity contribution is -0.121. The smallest absolute Gasteiger partial charge is 0.504 e. The number of allylic oxidation sites excluding steroid dienone is 2. The van der Waals surface area contributed by atoms with Crippen LogP contribution >= 0.6 is 18.2 Å². The van der Waals surface area contributed by atoms with E-state index in [1.807, 2.05) is 0 Å². The summed E-state index contributed by atoms with van der Waals surface area (Å²) in [6.07, 6.45) is 1.48. The molecule has 2 aromatic carbocycles. The van der Waals surface area contributed by atoms with Crippen LogP contribution in [-0.2, 0) is 42.1 Å². The number of hydrogen-bond donors (Lipinski definition) is 5. The summed E-state index contributed by atoms with van der Waals surface area (Å²) in [6, 6.07) is 8.89. The highest BCUT2D eigenvalue weighted by Crippen LogP contribution is 2.63. The van der Waals surface area contributed by atoms with E-state index in [-0.39, 0.29) is 52.2 Å². The van der Waals surface area contributed by atoms with E-state index in [0.29, 0.717) is 33.7 Å². The van der Waals surface area contributed by atoms with Crippen molar-refractivity contribution in [2.45, 2.75) is 55.8 Å². The molecular weight excluding hydrogens is 988 g/mol. The topological polar surface area (TPSA) is 351 Å². The molecule has 0 amide bonds. The number of phenols is 1. The van der Waals surface area contributed by atoms with Crippen LogP contribution in [0, 0.1) is 0 Å². The van der Waals surface area contributed by atoms with Crippen LogP contribution in [0.2, 0.25) is 0 Å². The Labute approximate surface area is 412 Å². The number of benzene rings is 2. The lowest BCUT2D eigenvalue weighted by atomic mass is 10.1. The molecule has 4 aromatic heterocycles. The predicted octanol–water partition coefficient (Wildman–Crippen LogP) is 3.78. The van der Waals surface area contributed by atoms with Gasteiger partial charge in [0.1, 0.15) is 54.3 Å². The number of carbonyl (C=O) groups excluding carboxylic acids is 3. The Morgan fingerprint density at radius 3 is 2.08 bits per heavy atom. The van der Waals surface area contributed by atoms with Gasteiger partial charge in [-0.05, 0) is 47.5 Å². The van der Waals surface area contributed by atoms with Gasteiger partial charge in [0, 0.05) is 24.9 Å². The maximum atomic E-state index is 14.9. The summed E-state index contributed by atoms with van der Waals surface area (Å²) in [5, 5.41) is 31.4. The summed E-state index contributed by atoms with van der Waals surface area (Å²) in [7, 11) is 4.06. The fourth-order valence-corrected chi connectivity index (χ4v) is 10.4. The third kappa shape index (κ3) is 11.5. The number of aromatic nitrogens is 8. The van der Waals surface area contributed by atoms with Crippen molar-refractivity contribution in [1.82, 2.24) is 39.0 Å². The number of imidazole rings is 2. The summed E-state index contributed by atoms with van der Waals surface area (Å²) < 4.78 is 69.3. The van der Waals surface area contributed by atoms with Crippen molar-refractivity contribution in [2.75, 3.05) is 51.9 Å². The highest BCUT2D eigenvalue weighted by molar-refractivity contribution is 8.55. The quantitative estimate of drug-likeness (QED) is 0.0171. The Balaban J connectivity index is 0.926. The average Bonchev–Trinajstić information content (AvgIpc) is 4.17. The minimum atomic E-state index is -4.54. The number of ketones is 2. The molecule has 0 aliphatic carbocycles. The Morgan fingerprint density at radius 2 is 1.44 bits per heavy atom. The highest BCUT2D eigenvalue weighted by atomic mass is 32.7. The fraction of sp³-hybridized carbons (Fsp3) is 0.341. The molecule has 0 spiro atoms. The lowest BCUT2D eigenvalue weighted by Gasteiger charge is -2.27. The Hall–Kier alpha value is -7.07. The molecule has 26 nitrogen and oxygen atoms in total. The number of fused-ring (bicyclic) bond motifs is 2. The minimum absolute atomic E-state index is 0.0540. The number of anilines is 2. The van der Waals surface area contributed by atoms with Crippen molar-refractivity contribution < 1.29 is 76.5 Å². The van der Waals surface area contributed by atoms with Gasteiger partial charge in [-0.3, -0.25) is 27.8 Å². The largest absolute Gasteiger partial charge is 0.514 e. The van der Waals surface area contributed by atoms with E-state index < -0.39 is 93.1 Å². The van der Waals surface area contributed by atoms with E-state index >= 15 is 0 Å². The molecule has 72 heavy (non-hydrogen) atoms. The molecule has 2 aliphatic heterocycles. The number of aliphatic hydroxyl groups excluding tert-OH is 2. The van der Waals surface area contributed by atoms with Crippen molar-refractivity contribution in [3.05, 3.63) is 85.0 Å². The molecule has 6 heterocycles. The first-order valence-electron chi connectivity index (χ1n) is 21.6. The van der Waals surface area contributed by atoms with Gasteiger partial charge in [-0.15, -0.1) is 0 Å². The van der Waals surface area contributed by atoms with Gasteiger partial charge >= 0.3 is 13.0 Å². The number of ether oxygens (including phenoxy) is 7. The third-order valence-corrected chi connectivity index (χ3v) is 14.5. The summed E-state index contributed by atoms with van der Waals surface area (Å²) in [4.78, 5) is 63.1. The number of aliphatic hydroxyl groups is 2.